The van der Waals surface area contributed by atoms with Crippen LogP contribution >= 0.6 is 15.6 Å². The van der Waals surface area contributed by atoms with Crippen molar-refractivity contribution >= 4 is 33.6 Å². The summed E-state index contributed by atoms with van der Waals surface area (Å²) in [6, 6.07) is 0. The maximum atomic E-state index is 13.0. The van der Waals surface area contributed by atoms with Crippen LogP contribution in [0, 0.1) is 0 Å². The zero-order valence-electron chi connectivity index (χ0n) is 66.6. The molecule has 105 heavy (non-hydrogen) atoms. The Bertz CT molecular complexity index is 2340. The molecule has 608 valence electrons. The average Bonchev–Trinajstić information content (AvgIpc) is 0.913. The lowest BCUT2D eigenvalue weighted by atomic mass is 10.0. The van der Waals surface area contributed by atoms with Crippen molar-refractivity contribution in [2.45, 2.75) is 386 Å². The molecule has 0 fully saturated rings. The molecule has 0 aromatic rings. The van der Waals surface area contributed by atoms with Crippen LogP contribution in [0.5, 0.6) is 0 Å². The topological polar surface area (TPSA) is 231 Å². The van der Waals surface area contributed by atoms with E-state index in [1.54, 1.807) is 0 Å². The highest BCUT2D eigenvalue weighted by atomic mass is 31.2. The van der Waals surface area contributed by atoms with E-state index in [0.717, 1.165) is 141 Å². The molecule has 0 saturated carbocycles. The fourth-order valence-electron chi connectivity index (χ4n) is 11.5. The van der Waals surface area contributed by atoms with Crippen LogP contribution in [0.15, 0.2) is 109 Å². The summed E-state index contributed by atoms with van der Waals surface area (Å²) in [6.45, 7) is 2.55. The molecule has 4 N–H and O–H groups in total. The second-order valence-corrected chi connectivity index (χ2v) is 31.2. The van der Waals surface area contributed by atoms with Crippen molar-refractivity contribution < 1.29 is 75.8 Å². The summed E-state index contributed by atoms with van der Waals surface area (Å²) in [5.74, 6) is -1.59. The van der Waals surface area contributed by atoms with Crippen LogP contribution in [0.3, 0.4) is 0 Å². The zero-order chi connectivity index (χ0) is 76.6. The molecule has 0 heterocycles. The lowest BCUT2D eigenvalue weighted by Crippen LogP contribution is -2.30. The van der Waals surface area contributed by atoms with Crippen LogP contribution in [-0.4, -0.2) is 95.9 Å². The molecule has 5 atom stereocenters. The first kappa shape index (κ1) is 101. The molecule has 0 radical (unpaired) electrons. The number of carbonyl (C=O) groups excluding carboxylic acids is 3. The van der Waals surface area contributed by atoms with Gasteiger partial charge in [0.25, 0.3) is 0 Å². The van der Waals surface area contributed by atoms with E-state index in [0.29, 0.717) is 19.3 Å². The van der Waals surface area contributed by atoms with Crippen LogP contribution in [0.4, 0.5) is 0 Å². The van der Waals surface area contributed by atoms with Crippen molar-refractivity contribution in [1.82, 2.24) is 0 Å². The first-order valence-electron chi connectivity index (χ1n) is 42.2. The van der Waals surface area contributed by atoms with E-state index in [4.69, 9.17) is 32.3 Å². The van der Waals surface area contributed by atoms with Crippen LogP contribution in [0.1, 0.15) is 367 Å². The molecule has 0 aliphatic carbocycles. The molecule has 18 heteroatoms. The van der Waals surface area contributed by atoms with Gasteiger partial charge in [0.2, 0.25) is 0 Å². The molecule has 0 aliphatic heterocycles. The number of allylic oxidation sites excluding steroid dienone is 18. The van der Waals surface area contributed by atoms with Crippen molar-refractivity contribution in [3.63, 3.8) is 0 Å². The number of phosphoric ester groups is 2. The summed E-state index contributed by atoms with van der Waals surface area (Å²) < 4.78 is 61.2. The monoisotopic (exact) mass is 1520 g/mol. The van der Waals surface area contributed by atoms with Gasteiger partial charge in [-0.2, -0.15) is 0 Å². The number of esters is 3. The number of hydrogen-bond donors (Lipinski definition) is 4. The molecule has 0 saturated heterocycles. The smallest absolute Gasteiger partial charge is 0.463 e. The molecule has 0 aromatic carbocycles. The highest BCUT2D eigenvalue weighted by Crippen LogP contribution is 2.45. The van der Waals surface area contributed by atoms with E-state index >= 15 is 0 Å². The fraction of sp³-hybridized carbons (Fsp3) is 0.759. The van der Waals surface area contributed by atoms with Gasteiger partial charge in [0, 0.05) is 19.3 Å². The summed E-state index contributed by atoms with van der Waals surface area (Å²) in [5.41, 5.74) is 0. The van der Waals surface area contributed by atoms with Crippen molar-refractivity contribution in [2.75, 3.05) is 39.6 Å². The molecule has 16 nitrogen and oxygen atoms in total. The van der Waals surface area contributed by atoms with E-state index < -0.39 is 91.5 Å². The van der Waals surface area contributed by atoms with Crippen LogP contribution in [0.2, 0.25) is 0 Å². The fourth-order valence-corrected chi connectivity index (χ4v) is 13.1. The third kappa shape index (κ3) is 81.0. The van der Waals surface area contributed by atoms with E-state index in [9.17, 15) is 43.5 Å². The Kier molecular flexibility index (Phi) is 76.9. The Morgan fingerprint density at radius 2 is 0.505 bits per heavy atom. The minimum Gasteiger partial charge on any atom is -0.463 e. The minimum absolute atomic E-state index is 0.0915. The van der Waals surface area contributed by atoms with Crippen LogP contribution < -0.4 is 0 Å². The number of carbonyl (C=O) groups is 3. The van der Waals surface area contributed by atoms with Crippen LogP contribution in [-0.2, 0) is 55.8 Å². The number of ether oxygens (including phenoxy) is 3. The summed E-state index contributed by atoms with van der Waals surface area (Å²) in [4.78, 5) is 58.7. The van der Waals surface area contributed by atoms with Gasteiger partial charge in [0.1, 0.15) is 25.4 Å². The van der Waals surface area contributed by atoms with Crippen molar-refractivity contribution in [3.8, 4) is 0 Å². The Balaban J connectivity index is 4.39. The van der Waals surface area contributed by atoms with Gasteiger partial charge in [0.05, 0.1) is 26.4 Å². The molecule has 0 amide bonds. The molecule has 0 rings (SSSR count). The molecule has 0 aromatic heterocycles. The molecule has 0 spiro atoms. The van der Waals surface area contributed by atoms with E-state index in [1.807, 2.05) is 0 Å². The lowest BCUT2D eigenvalue weighted by Gasteiger charge is -2.21. The number of unbranched alkanes of at least 4 members (excludes halogenated alkanes) is 39. The van der Waals surface area contributed by atoms with Gasteiger partial charge in [-0.05, 0) is 128 Å². The average molecular weight is 1520 g/mol. The highest BCUT2D eigenvalue weighted by molar-refractivity contribution is 7.47. The maximum absolute atomic E-state index is 13.0. The van der Waals surface area contributed by atoms with E-state index in [2.05, 4.69) is 130 Å². The van der Waals surface area contributed by atoms with Crippen LogP contribution in [0.25, 0.3) is 0 Å². The molecule has 0 aliphatic rings. The van der Waals surface area contributed by atoms with Gasteiger partial charge in [-0.25, -0.2) is 9.13 Å². The first-order chi connectivity index (χ1) is 51.2. The third-order valence-corrected chi connectivity index (χ3v) is 19.9. The number of hydrogen-bond acceptors (Lipinski definition) is 14. The number of aliphatic hydroxyl groups excluding tert-OH is 2. The molecule has 0 bridgehead atoms. The standard InChI is InChI=1S/C87H154O16P2/c1-4-7-10-13-16-19-22-25-28-30-32-33-34-35-36-37-38-39-40-41-42-43-44-45-46-47-49-51-53-55-58-61-64-67-70-73-85(90)97-76-82(88)77-99-104(93,94)100-78-83(89)79-101-105(95,96)102-81-84(103-87(92)75-72-69-66-63-60-57-52-27-24-21-18-15-12-9-6-3)80-98-86(91)74-71-68-65-62-59-56-54-50-48-31-29-26-23-20-17-14-11-8-5-2/h8,11,16-17,19-20,25-29,32-33,35-36,48,50,52,82-84,88-89H,4-7,9-10,12-15,18,21-24,30-31,34,37-47,49,51,53-81H2,1-3H3,(H,93,94)(H,95,96)/b11-8-,19-16-,20-17-,28-25-,29-26-,33-32-,36-35-,50-48-,52-27-. The summed E-state index contributed by atoms with van der Waals surface area (Å²) in [5, 5.41) is 20.7. The second-order valence-electron chi connectivity index (χ2n) is 28.2. The minimum atomic E-state index is -4.93. The summed E-state index contributed by atoms with van der Waals surface area (Å²) in [6.07, 6.45) is 94.4. The Morgan fingerprint density at radius 1 is 0.276 bits per heavy atom. The zero-order valence-corrected chi connectivity index (χ0v) is 68.4. The van der Waals surface area contributed by atoms with E-state index in [-0.39, 0.29) is 19.3 Å². The maximum Gasteiger partial charge on any atom is 0.472 e. The SMILES string of the molecule is CC/C=C\C/C=C\C/C=C\C/C=C\CCCCCCCCC(=O)OCC(COP(=O)(O)OCC(O)COP(=O)(O)OCC(O)COC(=O)CCCCCCCCCCCCCCCCCCCCC/C=C\C/C=C\C/C=C\C/C=C\CCCCC)OC(=O)CCCCCCC/C=C\CCCCCCCC. The highest BCUT2D eigenvalue weighted by Gasteiger charge is 2.29. The quantitative estimate of drug-likeness (QED) is 0.0146. The Labute approximate surface area is 640 Å². The molecule has 5 unspecified atom stereocenters. The van der Waals surface area contributed by atoms with Gasteiger partial charge in [-0.3, -0.25) is 32.5 Å². The number of rotatable bonds is 80. The summed E-state index contributed by atoms with van der Waals surface area (Å²) >= 11 is 0. The van der Waals surface area contributed by atoms with E-state index in [1.165, 1.54) is 167 Å². The predicted molar refractivity (Wildman–Crippen MR) is 436 cm³/mol. The summed E-state index contributed by atoms with van der Waals surface area (Å²) in [7, 11) is -9.79. The Morgan fingerprint density at radius 3 is 0.829 bits per heavy atom. The van der Waals surface area contributed by atoms with Crippen molar-refractivity contribution in [2.24, 2.45) is 0 Å². The van der Waals surface area contributed by atoms with Gasteiger partial charge in [-0.15, -0.1) is 0 Å². The number of aliphatic hydroxyl groups is 2. The first-order valence-corrected chi connectivity index (χ1v) is 45.2. The normalized spacial score (nSPS) is 14.5. The molecular weight excluding hydrogens is 1360 g/mol. The number of phosphoric acid groups is 2. The van der Waals surface area contributed by atoms with Gasteiger partial charge in [-0.1, -0.05) is 329 Å². The predicted octanol–water partition coefficient (Wildman–Crippen LogP) is 25.1. The van der Waals surface area contributed by atoms with Crippen molar-refractivity contribution in [3.05, 3.63) is 109 Å². The molecular formula is C87H154O16P2. The van der Waals surface area contributed by atoms with Gasteiger partial charge >= 0.3 is 33.6 Å². The van der Waals surface area contributed by atoms with Crippen molar-refractivity contribution in [1.29, 1.82) is 0 Å². The second kappa shape index (κ2) is 79.8. The van der Waals surface area contributed by atoms with Gasteiger partial charge in [0.15, 0.2) is 6.10 Å². The largest absolute Gasteiger partial charge is 0.472 e. The third-order valence-electron chi connectivity index (χ3n) is 18.0. The lowest BCUT2D eigenvalue weighted by molar-refractivity contribution is -0.161. The Hall–Kier alpha value is -3.79. The van der Waals surface area contributed by atoms with Gasteiger partial charge < -0.3 is 34.2 Å².